The predicted octanol–water partition coefficient (Wildman–Crippen LogP) is 3.66. The zero-order valence-electron chi connectivity index (χ0n) is 13.5. The number of carbonyl (C=O) groups excluding carboxylic acids is 1. The molecular weight excluding hydrogens is 290 g/mol. The van der Waals surface area contributed by atoms with Gasteiger partial charge < -0.3 is 9.15 Å². The molecule has 0 aliphatic carbocycles. The molecule has 120 valence electrons. The van der Waals surface area contributed by atoms with E-state index in [1.54, 1.807) is 13.0 Å². The van der Waals surface area contributed by atoms with Gasteiger partial charge in [-0.3, -0.25) is 4.90 Å². The van der Waals surface area contributed by atoms with Crippen molar-refractivity contribution in [3.05, 3.63) is 65.1 Å². The van der Waals surface area contributed by atoms with E-state index in [2.05, 4.69) is 35.2 Å². The minimum atomic E-state index is -0.345. The van der Waals surface area contributed by atoms with Gasteiger partial charge in [-0.2, -0.15) is 0 Å². The fourth-order valence-corrected chi connectivity index (χ4v) is 2.92. The lowest BCUT2D eigenvalue weighted by molar-refractivity contribution is 0.0599. The second-order valence-corrected chi connectivity index (χ2v) is 5.75. The number of furan rings is 1. The lowest BCUT2D eigenvalue weighted by Gasteiger charge is -2.25. The Morgan fingerprint density at radius 2 is 2.09 bits per heavy atom. The zero-order chi connectivity index (χ0) is 16.2. The average molecular weight is 311 g/mol. The van der Waals surface area contributed by atoms with Crippen LogP contribution in [0.15, 0.2) is 46.9 Å². The minimum absolute atomic E-state index is 0.345. The van der Waals surface area contributed by atoms with E-state index in [0.717, 1.165) is 25.3 Å². The maximum absolute atomic E-state index is 11.6. The van der Waals surface area contributed by atoms with E-state index < -0.39 is 0 Å². The highest BCUT2D eigenvalue weighted by Crippen LogP contribution is 2.24. The molecule has 0 bridgehead atoms. The Hall–Kier alpha value is -2.33. The van der Waals surface area contributed by atoms with Crippen molar-refractivity contribution in [1.82, 2.24) is 4.90 Å². The summed E-state index contributed by atoms with van der Waals surface area (Å²) < 4.78 is 10.5. The fourth-order valence-electron chi connectivity index (χ4n) is 2.92. The van der Waals surface area contributed by atoms with E-state index >= 15 is 0 Å². The molecule has 4 nitrogen and oxygen atoms in total. The van der Waals surface area contributed by atoms with Gasteiger partial charge in [-0.05, 0) is 30.5 Å². The normalized spacial score (nSPS) is 15.3. The summed E-state index contributed by atoms with van der Waals surface area (Å²) >= 11 is 0. The van der Waals surface area contributed by atoms with E-state index in [1.165, 1.54) is 18.2 Å². The number of benzene rings is 1. The number of methoxy groups -OCH3 is 1. The van der Waals surface area contributed by atoms with Crippen molar-refractivity contribution < 1.29 is 13.9 Å². The molecule has 0 saturated heterocycles. The molecule has 2 heterocycles. The van der Waals surface area contributed by atoms with Crippen molar-refractivity contribution in [2.75, 3.05) is 20.2 Å². The summed E-state index contributed by atoms with van der Waals surface area (Å²) in [5.41, 5.74) is 3.21. The van der Waals surface area contributed by atoms with Gasteiger partial charge in [0.05, 0.1) is 13.7 Å². The number of hydrogen-bond donors (Lipinski definition) is 0. The van der Waals surface area contributed by atoms with Gasteiger partial charge in [-0.15, -0.1) is 0 Å². The second kappa shape index (κ2) is 6.84. The Kier molecular flexibility index (Phi) is 4.63. The largest absolute Gasteiger partial charge is 0.465 e. The van der Waals surface area contributed by atoms with Crippen molar-refractivity contribution >= 4 is 11.5 Å². The first-order chi connectivity index (χ1) is 11.2. The molecule has 23 heavy (non-hydrogen) atoms. The first-order valence-corrected chi connectivity index (χ1v) is 7.82. The van der Waals surface area contributed by atoms with Gasteiger partial charge >= 0.3 is 5.97 Å². The third kappa shape index (κ3) is 3.54. The van der Waals surface area contributed by atoms with Crippen LogP contribution in [0.25, 0.3) is 5.57 Å². The quantitative estimate of drug-likeness (QED) is 0.808. The second-order valence-electron chi connectivity index (χ2n) is 5.75. The first kappa shape index (κ1) is 15.6. The summed E-state index contributed by atoms with van der Waals surface area (Å²) in [4.78, 5) is 13.9. The molecule has 4 heteroatoms. The maximum Gasteiger partial charge on any atom is 0.341 e. The van der Waals surface area contributed by atoms with Gasteiger partial charge in [0.1, 0.15) is 17.1 Å². The van der Waals surface area contributed by atoms with E-state index in [4.69, 9.17) is 9.15 Å². The smallest absolute Gasteiger partial charge is 0.341 e. The molecular formula is C19H21NO3. The third-order valence-electron chi connectivity index (χ3n) is 4.19. The molecule has 0 unspecified atom stereocenters. The number of carbonyl (C=O) groups is 1. The molecule has 1 aliphatic rings. The van der Waals surface area contributed by atoms with E-state index in [0.29, 0.717) is 17.9 Å². The predicted molar refractivity (Wildman–Crippen MR) is 89.1 cm³/mol. The molecule has 0 atom stereocenters. The van der Waals surface area contributed by atoms with E-state index in [9.17, 15) is 4.79 Å². The highest BCUT2D eigenvalue weighted by molar-refractivity contribution is 5.90. The van der Waals surface area contributed by atoms with Crippen LogP contribution in [-0.4, -0.2) is 31.1 Å². The van der Waals surface area contributed by atoms with Crippen LogP contribution in [0.4, 0.5) is 0 Å². The van der Waals surface area contributed by atoms with Crippen LogP contribution < -0.4 is 0 Å². The van der Waals surface area contributed by atoms with Gasteiger partial charge in [-0.1, -0.05) is 36.4 Å². The molecule has 0 radical (unpaired) electrons. The standard InChI is InChI=1S/C19H21NO3/c1-14-18(19(21)22-2)12-17(23-14)13-20-10-8-16(9-11-20)15-6-4-3-5-7-15/h3-8,12H,9-11,13H2,1-2H3. The average Bonchev–Trinajstić information content (AvgIpc) is 2.96. The van der Waals surface area contributed by atoms with Gasteiger partial charge in [0, 0.05) is 13.1 Å². The Balaban J connectivity index is 1.65. The highest BCUT2D eigenvalue weighted by atomic mass is 16.5. The zero-order valence-corrected chi connectivity index (χ0v) is 13.5. The van der Waals surface area contributed by atoms with Gasteiger partial charge in [-0.25, -0.2) is 4.79 Å². The lowest BCUT2D eigenvalue weighted by atomic mass is 9.99. The molecule has 2 aromatic rings. The Bertz CT molecular complexity index is 715. The van der Waals surface area contributed by atoms with Crippen LogP contribution >= 0.6 is 0 Å². The molecule has 0 saturated carbocycles. The van der Waals surface area contributed by atoms with Crippen molar-refractivity contribution in [2.24, 2.45) is 0 Å². The molecule has 3 rings (SSSR count). The first-order valence-electron chi connectivity index (χ1n) is 7.82. The Morgan fingerprint density at radius 1 is 1.30 bits per heavy atom. The van der Waals surface area contributed by atoms with Crippen molar-refractivity contribution in [3.8, 4) is 0 Å². The summed E-state index contributed by atoms with van der Waals surface area (Å²) in [5.74, 6) is 1.08. The van der Waals surface area contributed by atoms with Crippen LogP contribution in [0.1, 0.15) is 33.9 Å². The number of aryl methyl sites for hydroxylation is 1. The van der Waals surface area contributed by atoms with Crippen LogP contribution in [-0.2, 0) is 11.3 Å². The number of rotatable bonds is 4. The summed E-state index contributed by atoms with van der Waals surface area (Å²) in [6.07, 6.45) is 3.30. The van der Waals surface area contributed by atoms with Crippen molar-refractivity contribution in [1.29, 1.82) is 0 Å². The van der Waals surface area contributed by atoms with Gasteiger partial charge in [0.25, 0.3) is 0 Å². The number of esters is 1. The van der Waals surface area contributed by atoms with Crippen molar-refractivity contribution in [3.63, 3.8) is 0 Å². The SMILES string of the molecule is COC(=O)c1cc(CN2CC=C(c3ccccc3)CC2)oc1C. The Morgan fingerprint density at radius 3 is 2.74 bits per heavy atom. The Labute approximate surface area is 136 Å². The molecule has 1 aliphatic heterocycles. The van der Waals surface area contributed by atoms with Gasteiger partial charge in [0.15, 0.2) is 0 Å². The number of nitrogens with zero attached hydrogens (tertiary/aromatic N) is 1. The maximum atomic E-state index is 11.6. The summed E-state index contributed by atoms with van der Waals surface area (Å²) in [6.45, 7) is 4.36. The van der Waals surface area contributed by atoms with Crippen molar-refractivity contribution in [2.45, 2.75) is 19.9 Å². The van der Waals surface area contributed by atoms with Gasteiger partial charge in [0.2, 0.25) is 0 Å². The molecule has 0 amide bonds. The number of ether oxygens (including phenoxy) is 1. The number of hydrogen-bond acceptors (Lipinski definition) is 4. The molecule has 0 fully saturated rings. The molecule has 1 aromatic heterocycles. The fraction of sp³-hybridized carbons (Fsp3) is 0.316. The van der Waals surface area contributed by atoms with Crippen LogP contribution in [0, 0.1) is 6.92 Å². The van der Waals surface area contributed by atoms with Crippen LogP contribution in [0.2, 0.25) is 0 Å². The monoisotopic (exact) mass is 311 g/mol. The lowest BCUT2D eigenvalue weighted by Crippen LogP contribution is -2.27. The summed E-state index contributed by atoms with van der Waals surface area (Å²) in [6, 6.07) is 12.3. The van der Waals surface area contributed by atoms with E-state index in [-0.39, 0.29) is 5.97 Å². The summed E-state index contributed by atoms with van der Waals surface area (Å²) in [7, 11) is 1.38. The molecule has 1 aromatic carbocycles. The van der Waals surface area contributed by atoms with Crippen LogP contribution in [0.3, 0.4) is 0 Å². The van der Waals surface area contributed by atoms with Crippen LogP contribution in [0.5, 0.6) is 0 Å². The topological polar surface area (TPSA) is 42.7 Å². The summed E-state index contributed by atoms with van der Waals surface area (Å²) in [5, 5.41) is 0. The third-order valence-corrected chi connectivity index (χ3v) is 4.19. The highest BCUT2D eigenvalue weighted by Gasteiger charge is 2.18. The van der Waals surface area contributed by atoms with E-state index in [1.807, 2.05) is 6.07 Å². The minimum Gasteiger partial charge on any atom is -0.465 e. The molecule has 0 spiro atoms. The molecule has 0 N–H and O–H groups in total.